The Bertz CT molecular complexity index is 6420. The Morgan fingerprint density at radius 3 is 1.16 bits per heavy atom. The molecule has 0 aliphatic heterocycles. The number of fused-ring (bicyclic) bond motifs is 5. The van der Waals surface area contributed by atoms with Crippen LogP contribution in [0, 0.1) is 21.7 Å². The Hall–Kier alpha value is -16.3. The molecular weight excluding hydrogens is 1750 g/mol. The van der Waals surface area contributed by atoms with Crippen LogP contribution in [0.1, 0.15) is 6.92 Å². The molecule has 15 heterocycles. The summed E-state index contributed by atoms with van der Waals surface area (Å²) in [7, 11) is 1.34. The fourth-order valence-electron chi connectivity index (χ4n) is 11.2. The third-order valence-corrected chi connectivity index (χ3v) is 17.1. The first-order valence-corrected chi connectivity index (χ1v) is 36.6. The number of aliphatic hydroxyl groups excluding tert-OH is 2. The number of methoxy groups -OCH3 is 1. The molecule has 0 bridgehead atoms. The molecule has 0 saturated heterocycles. The molecule has 0 spiro atoms. The highest BCUT2D eigenvalue weighted by Gasteiger charge is 2.35. The summed E-state index contributed by atoms with van der Waals surface area (Å²) in [6, 6.07) is 0.392. The number of nitrogens with two attached hydrogens (primary N) is 1. The molecule has 0 fully saturated rings. The number of carbonyl (C=O) groups excluding carboxylic acids is 4. The summed E-state index contributed by atoms with van der Waals surface area (Å²) < 4.78 is 179. The summed E-state index contributed by atoms with van der Waals surface area (Å²) in [6.45, 7) is -6.51. The lowest BCUT2D eigenvalue weighted by atomic mass is 10.1. The fraction of sp³-hybridized carbons (Fsp3) is 0.236. The van der Waals surface area contributed by atoms with E-state index in [9.17, 15) is 101 Å². The normalized spacial score (nSPS) is 12.4. The van der Waals surface area contributed by atoms with Crippen molar-refractivity contribution in [3.8, 4) is 56.8 Å². The third-order valence-electron chi connectivity index (χ3n) is 17.1. The topological polar surface area (TPSA) is 607 Å². The second-order valence-electron chi connectivity index (χ2n) is 26.2. The highest BCUT2D eigenvalue weighted by molar-refractivity contribution is 5.96. The maximum Gasteiger partial charge on any atom is 0.405 e. The van der Waals surface area contributed by atoms with E-state index in [1.54, 1.807) is 59.3 Å². The Labute approximate surface area is 709 Å². The zero-order valence-electron chi connectivity index (χ0n) is 65.6. The number of carbonyl (C=O) groups is 4. The number of anilines is 5. The summed E-state index contributed by atoms with van der Waals surface area (Å²) in [4.78, 5) is 149. The lowest BCUT2D eigenvalue weighted by Gasteiger charge is -2.19. The molecule has 674 valence electrons. The number of H-pyrrole nitrogens is 5. The van der Waals surface area contributed by atoms with Crippen LogP contribution in [0.3, 0.4) is 0 Å². The number of aromatic amines is 5. The SMILES string of the molecule is COC[C@H](Nc1ccnc(-c2c[nH]c3ncncc23)n1)C(=O)NCC(F)(F)F.C[C@H](Nc1nc(-c2c[nH]c3ncncc23)ccc1[N+](=O)[O-])C(=O)NCC(F)(F)F.Nc1nc(-c2c[nH]c3ncncc23)ncc1F.O=C(NCC(F)(F)F)[C@H](CO)Nc1ccnc(-c2c[nH]c3ncncc23)n1.O=C(NCC(F)(F)F)[C@H](CO)Nc1nc(-c2c[nH]c3ncncc23)ncc1F. The standard InChI is InChI=1S/C16H14F3N7O3.C16H16F3N7O2.C15H13F4N7O2.C15H14F3N7O2.C10H7FN6/c1-8(15(27)22-6-16(17,18)19)24-14-12(26(28)29)3-2-11(25-14)9-5-21-13-10(9)4-20-7-23-13;1-28-6-11(15(27)23-7-16(17,18)19)25-12-2-3-21-14(26-12)10-5-22-13-9(10)4-20-8-24-13;16-9-3-22-12(8-2-21-11-7(8)1-20-6-24-11)26-13(9)25-10(4-27)14(28)23-5-15(17,18)19;16-15(17,18)6-22-14(27)10(5-26)24-11-1-2-20-13(25-11)9-4-21-12-8(9)3-19-7-23-12;11-7-3-15-10(17-8(7)12)6-2-14-9-5(6)1-13-4-16-9/h2-5,7-8H,6H2,1H3,(H,22,27)(H,24,25)(H,20,21,23);2-5,8,11H,6-7H2,1H3,(H,23,27)(H,20,22,24)(H,21,25,26);1-3,6,10,27H,4-5H2,(H,23,28)(H,20,21,24)(H,22,25,26);1-4,7,10,26H,5-6H2,(H,22,27)(H,19,21,23)(H,20,24,25);1-4H,(H2,12,15,17)(H,13,14,16)/t8-;11-;2*10-;/m0000./s1. The number of rotatable bonds is 26. The molecule has 17 N–H and O–H groups in total. The average molecular weight is 1820 g/mol. The highest BCUT2D eigenvalue weighted by Crippen LogP contribution is 2.34. The molecular formula is C72H64F14N34O9. The number of hydrogen-bond acceptors (Lipinski definition) is 33. The molecule has 4 atom stereocenters. The molecule has 129 heavy (non-hydrogen) atoms. The Kier molecular flexibility index (Phi) is 30.1. The van der Waals surface area contributed by atoms with E-state index in [1.807, 2.05) is 5.32 Å². The predicted molar refractivity (Wildman–Crippen MR) is 425 cm³/mol. The van der Waals surface area contributed by atoms with E-state index >= 15 is 0 Å². The van der Waals surface area contributed by atoms with E-state index in [0.29, 0.717) is 94.9 Å². The average Bonchev–Trinajstić information content (AvgIpc) is 1.71. The maximum atomic E-state index is 14.0. The van der Waals surface area contributed by atoms with E-state index in [0.717, 1.165) is 17.8 Å². The summed E-state index contributed by atoms with van der Waals surface area (Å²) in [5, 5.41) is 50.2. The first-order chi connectivity index (χ1) is 61.4. The number of nitrogen functional groups attached to an aromatic ring is 1. The number of pyridine rings is 1. The van der Waals surface area contributed by atoms with Gasteiger partial charge in [-0.05, 0) is 25.1 Å². The molecule has 15 rings (SSSR count). The monoisotopic (exact) mass is 1810 g/mol. The number of nitro groups is 1. The largest absolute Gasteiger partial charge is 0.405 e. The van der Waals surface area contributed by atoms with Crippen LogP contribution in [0.25, 0.3) is 112 Å². The zero-order valence-corrected chi connectivity index (χ0v) is 65.6. The molecule has 43 nitrogen and oxygen atoms in total. The van der Waals surface area contributed by atoms with Crippen molar-refractivity contribution < 1.29 is 101 Å². The van der Waals surface area contributed by atoms with Crippen LogP contribution in [0.2, 0.25) is 0 Å². The first-order valence-electron chi connectivity index (χ1n) is 36.6. The van der Waals surface area contributed by atoms with Crippen molar-refractivity contribution in [2.45, 2.75) is 55.8 Å². The van der Waals surface area contributed by atoms with Crippen molar-refractivity contribution in [1.29, 1.82) is 0 Å². The van der Waals surface area contributed by atoms with Crippen molar-refractivity contribution in [2.75, 3.05) is 80.1 Å². The van der Waals surface area contributed by atoms with Crippen LogP contribution in [-0.4, -0.2) is 260 Å². The van der Waals surface area contributed by atoms with Gasteiger partial charge in [-0.2, -0.15) is 52.7 Å². The number of amides is 4. The molecule has 15 aromatic heterocycles. The highest BCUT2D eigenvalue weighted by atomic mass is 19.4. The third kappa shape index (κ3) is 25.5. The lowest BCUT2D eigenvalue weighted by molar-refractivity contribution is -0.384. The van der Waals surface area contributed by atoms with Crippen LogP contribution in [-0.2, 0) is 23.9 Å². The fourth-order valence-corrected chi connectivity index (χ4v) is 11.2. The minimum Gasteiger partial charge on any atom is -0.394 e. The predicted octanol–water partition coefficient (Wildman–Crippen LogP) is 6.94. The minimum atomic E-state index is -4.62. The van der Waals surface area contributed by atoms with Gasteiger partial charge in [-0.15, -0.1) is 0 Å². The van der Waals surface area contributed by atoms with Crippen LogP contribution in [0.15, 0.2) is 143 Å². The van der Waals surface area contributed by atoms with Gasteiger partial charge in [-0.3, -0.25) is 29.3 Å². The lowest BCUT2D eigenvalue weighted by Crippen LogP contribution is -2.45. The van der Waals surface area contributed by atoms with Gasteiger partial charge < -0.3 is 88.1 Å². The maximum absolute atomic E-state index is 14.0. The molecule has 57 heteroatoms. The van der Waals surface area contributed by atoms with Gasteiger partial charge in [0, 0.05) is 142 Å². The van der Waals surface area contributed by atoms with Crippen molar-refractivity contribution >= 4 is 114 Å². The molecule has 0 unspecified atom stereocenters. The molecule has 0 aliphatic carbocycles. The Balaban J connectivity index is 0.000000157. The van der Waals surface area contributed by atoms with E-state index in [-0.39, 0.29) is 41.5 Å². The van der Waals surface area contributed by atoms with Gasteiger partial charge in [0.15, 0.2) is 46.6 Å². The van der Waals surface area contributed by atoms with Gasteiger partial charge >= 0.3 is 30.4 Å². The molecule has 0 aliphatic rings. The second-order valence-corrected chi connectivity index (χ2v) is 26.2. The summed E-state index contributed by atoms with van der Waals surface area (Å²) in [5.74, 6) is -5.08. The van der Waals surface area contributed by atoms with Crippen LogP contribution >= 0.6 is 0 Å². The number of ether oxygens (including phenoxy) is 1. The molecule has 15 aromatic rings. The van der Waals surface area contributed by atoms with Crippen molar-refractivity contribution in [1.82, 2.24) is 141 Å². The van der Waals surface area contributed by atoms with E-state index < -0.39 is 140 Å². The van der Waals surface area contributed by atoms with E-state index in [1.165, 1.54) is 101 Å². The molecule has 0 radical (unpaired) electrons. The van der Waals surface area contributed by atoms with Gasteiger partial charge in [-0.1, -0.05) is 0 Å². The molecule has 0 aromatic carbocycles. The number of nitrogens with one attached hydrogen (secondary N) is 13. The van der Waals surface area contributed by atoms with Gasteiger partial charge in [0.25, 0.3) is 0 Å². The summed E-state index contributed by atoms with van der Waals surface area (Å²) in [6.07, 6.45) is 9.35. The van der Waals surface area contributed by atoms with Crippen molar-refractivity contribution in [3.05, 3.63) is 164 Å². The van der Waals surface area contributed by atoms with Crippen LogP contribution in [0.4, 0.5) is 96.2 Å². The number of alkyl halides is 12. The van der Waals surface area contributed by atoms with Gasteiger partial charge in [0.1, 0.15) is 122 Å². The minimum absolute atomic E-state index is 0.0531. The number of nitrogens with zero attached hydrogens (tertiary/aromatic N) is 20. The van der Waals surface area contributed by atoms with Gasteiger partial charge in [0.05, 0.1) is 42.8 Å². The number of aliphatic hydroxyl groups is 2. The van der Waals surface area contributed by atoms with Gasteiger partial charge in [0.2, 0.25) is 29.4 Å². The van der Waals surface area contributed by atoms with E-state index in [2.05, 4.69) is 141 Å². The Morgan fingerprint density at radius 2 is 0.783 bits per heavy atom. The van der Waals surface area contributed by atoms with Crippen molar-refractivity contribution in [3.63, 3.8) is 0 Å². The zero-order chi connectivity index (χ0) is 92.9. The van der Waals surface area contributed by atoms with Crippen LogP contribution < -0.4 is 48.3 Å². The van der Waals surface area contributed by atoms with Crippen LogP contribution in [0.5, 0.6) is 0 Å². The first kappa shape index (κ1) is 93.4. The number of halogens is 14. The Morgan fingerprint density at radius 1 is 0.434 bits per heavy atom. The van der Waals surface area contributed by atoms with E-state index in [4.69, 9.17) is 10.5 Å². The summed E-state index contributed by atoms with van der Waals surface area (Å²) >= 11 is 0. The summed E-state index contributed by atoms with van der Waals surface area (Å²) in [5.41, 5.74) is 11.1. The number of aromatic nitrogens is 24. The second kappa shape index (κ2) is 41.5. The van der Waals surface area contributed by atoms with Gasteiger partial charge in [-0.25, -0.2) is 103 Å². The van der Waals surface area contributed by atoms with Crippen molar-refractivity contribution in [2.24, 2.45) is 0 Å². The number of hydrogen-bond donors (Lipinski definition) is 16. The molecule has 4 amide bonds. The smallest absolute Gasteiger partial charge is 0.394 e. The quantitative estimate of drug-likeness (QED) is 0.0148. The molecule has 0 saturated carbocycles.